The third-order valence-corrected chi connectivity index (χ3v) is 4.42. The molecule has 0 aliphatic heterocycles. The van der Waals surface area contributed by atoms with E-state index in [1.165, 1.54) is 12.1 Å². The lowest BCUT2D eigenvalue weighted by atomic mass is 9.84. The first kappa shape index (κ1) is 18.6. The van der Waals surface area contributed by atoms with Gasteiger partial charge < -0.3 is 5.11 Å². The average Bonchev–Trinajstić information content (AvgIpc) is 2.62. The SMILES string of the molecule is Cc1ccc(C(C)(C)c2cccc(C(=O)O)n2)nc1-c1ccc(F)nc1F. The van der Waals surface area contributed by atoms with Crippen molar-refractivity contribution in [1.29, 1.82) is 0 Å². The summed E-state index contributed by atoms with van der Waals surface area (Å²) in [6.07, 6.45) is 0. The molecule has 138 valence electrons. The fraction of sp³-hybridized carbons (Fsp3) is 0.200. The lowest BCUT2D eigenvalue weighted by molar-refractivity contribution is 0.0690. The van der Waals surface area contributed by atoms with E-state index in [-0.39, 0.29) is 11.3 Å². The van der Waals surface area contributed by atoms with Gasteiger partial charge in [0.1, 0.15) is 5.69 Å². The highest BCUT2D eigenvalue weighted by Gasteiger charge is 2.28. The molecule has 0 amide bonds. The van der Waals surface area contributed by atoms with E-state index in [9.17, 15) is 18.7 Å². The summed E-state index contributed by atoms with van der Waals surface area (Å²) in [5, 5.41) is 9.17. The monoisotopic (exact) mass is 369 g/mol. The first-order chi connectivity index (χ1) is 12.7. The molecule has 3 aromatic heterocycles. The quantitative estimate of drug-likeness (QED) is 0.699. The van der Waals surface area contributed by atoms with Crippen LogP contribution in [0.4, 0.5) is 8.78 Å². The number of rotatable bonds is 4. The maximum Gasteiger partial charge on any atom is 0.354 e. The number of carboxylic acids is 1. The summed E-state index contributed by atoms with van der Waals surface area (Å²) in [7, 11) is 0. The number of carbonyl (C=O) groups is 1. The molecule has 3 heterocycles. The van der Waals surface area contributed by atoms with Crippen LogP contribution in [0.3, 0.4) is 0 Å². The predicted molar refractivity (Wildman–Crippen MR) is 95.4 cm³/mol. The van der Waals surface area contributed by atoms with Gasteiger partial charge in [0.15, 0.2) is 0 Å². The Morgan fingerprint density at radius 1 is 0.963 bits per heavy atom. The Morgan fingerprint density at radius 2 is 1.67 bits per heavy atom. The van der Waals surface area contributed by atoms with Crippen LogP contribution in [0.2, 0.25) is 0 Å². The van der Waals surface area contributed by atoms with Gasteiger partial charge >= 0.3 is 5.97 Å². The Hall–Kier alpha value is -3.22. The van der Waals surface area contributed by atoms with Crippen LogP contribution in [0.5, 0.6) is 0 Å². The summed E-state index contributed by atoms with van der Waals surface area (Å²) in [6, 6.07) is 10.7. The second kappa shape index (κ2) is 6.83. The van der Waals surface area contributed by atoms with Crippen LogP contribution < -0.4 is 0 Å². The molecule has 0 aromatic carbocycles. The minimum atomic E-state index is -1.12. The molecule has 0 atom stereocenters. The van der Waals surface area contributed by atoms with Crippen LogP contribution in [0.25, 0.3) is 11.3 Å². The first-order valence-electron chi connectivity index (χ1n) is 8.21. The van der Waals surface area contributed by atoms with Gasteiger partial charge in [-0.25, -0.2) is 9.78 Å². The molecule has 1 N–H and O–H groups in total. The van der Waals surface area contributed by atoms with E-state index in [0.717, 1.165) is 6.07 Å². The number of aryl methyl sites for hydroxylation is 1. The van der Waals surface area contributed by atoms with Crippen LogP contribution in [0.1, 0.15) is 41.3 Å². The minimum absolute atomic E-state index is 0.0679. The molecule has 27 heavy (non-hydrogen) atoms. The Balaban J connectivity index is 2.12. The molecule has 7 heteroatoms. The van der Waals surface area contributed by atoms with Crippen molar-refractivity contribution in [3.8, 4) is 11.3 Å². The van der Waals surface area contributed by atoms with E-state index < -0.39 is 23.3 Å². The van der Waals surface area contributed by atoms with E-state index in [0.29, 0.717) is 22.6 Å². The third-order valence-electron chi connectivity index (χ3n) is 4.42. The second-order valence-electron chi connectivity index (χ2n) is 6.67. The molecule has 0 saturated carbocycles. The zero-order chi connectivity index (χ0) is 19.8. The lowest BCUT2D eigenvalue weighted by Gasteiger charge is -2.25. The summed E-state index contributed by atoms with van der Waals surface area (Å²) >= 11 is 0. The number of pyridine rings is 3. The van der Waals surface area contributed by atoms with Crippen molar-refractivity contribution < 1.29 is 18.7 Å². The van der Waals surface area contributed by atoms with E-state index in [2.05, 4.69) is 15.0 Å². The number of aromatic carboxylic acids is 1. The molecule has 0 saturated heterocycles. The van der Waals surface area contributed by atoms with Crippen LogP contribution in [0.15, 0.2) is 42.5 Å². The van der Waals surface area contributed by atoms with Crippen LogP contribution in [0, 0.1) is 18.8 Å². The van der Waals surface area contributed by atoms with Crippen molar-refractivity contribution in [2.75, 3.05) is 0 Å². The number of aromatic nitrogens is 3. The predicted octanol–water partition coefficient (Wildman–Crippen LogP) is 4.15. The van der Waals surface area contributed by atoms with Crippen molar-refractivity contribution in [2.24, 2.45) is 0 Å². The van der Waals surface area contributed by atoms with Gasteiger partial charge in [0.25, 0.3) is 0 Å². The molecule has 3 aromatic rings. The Kier molecular flexibility index (Phi) is 4.70. The summed E-state index contributed by atoms with van der Waals surface area (Å²) in [5.74, 6) is -2.96. The largest absolute Gasteiger partial charge is 0.477 e. The fourth-order valence-electron chi connectivity index (χ4n) is 2.77. The zero-order valence-corrected chi connectivity index (χ0v) is 15.0. The van der Waals surface area contributed by atoms with Gasteiger partial charge in [-0.3, -0.25) is 4.98 Å². The second-order valence-corrected chi connectivity index (χ2v) is 6.67. The molecule has 0 radical (unpaired) electrons. The number of halogens is 2. The van der Waals surface area contributed by atoms with Crippen molar-refractivity contribution >= 4 is 5.97 Å². The normalized spacial score (nSPS) is 11.4. The molecule has 0 unspecified atom stereocenters. The van der Waals surface area contributed by atoms with Crippen LogP contribution >= 0.6 is 0 Å². The fourth-order valence-corrected chi connectivity index (χ4v) is 2.77. The molecule has 0 bridgehead atoms. The van der Waals surface area contributed by atoms with Gasteiger partial charge in [-0.05, 0) is 56.7 Å². The van der Waals surface area contributed by atoms with Crippen molar-refractivity contribution in [2.45, 2.75) is 26.2 Å². The van der Waals surface area contributed by atoms with Gasteiger partial charge in [0.05, 0.1) is 22.6 Å². The highest BCUT2D eigenvalue weighted by molar-refractivity contribution is 5.85. The molecular formula is C20H17F2N3O2. The highest BCUT2D eigenvalue weighted by Crippen LogP contribution is 2.32. The Labute approximate surface area is 154 Å². The number of carboxylic acid groups (broad SMARTS) is 1. The molecular weight excluding hydrogens is 352 g/mol. The first-order valence-corrected chi connectivity index (χ1v) is 8.21. The maximum absolute atomic E-state index is 14.1. The molecule has 0 fully saturated rings. The van der Waals surface area contributed by atoms with Gasteiger partial charge in [0, 0.05) is 5.41 Å². The van der Waals surface area contributed by atoms with Gasteiger partial charge in [-0.15, -0.1) is 0 Å². The van der Waals surface area contributed by atoms with E-state index in [1.54, 1.807) is 31.2 Å². The van der Waals surface area contributed by atoms with Crippen molar-refractivity contribution in [3.63, 3.8) is 0 Å². The lowest BCUT2D eigenvalue weighted by Crippen LogP contribution is -2.23. The molecule has 3 rings (SSSR count). The molecule has 5 nitrogen and oxygen atoms in total. The molecule has 0 aliphatic rings. The molecule has 0 aliphatic carbocycles. The van der Waals surface area contributed by atoms with Gasteiger partial charge in [0.2, 0.25) is 11.9 Å². The van der Waals surface area contributed by atoms with Crippen molar-refractivity contribution in [1.82, 2.24) is 15.0 Å². The molecule has 0 spiro atoms. The third kappa shape index (κ3) is 3.53. The summed E-state index contributed by atoms with van der Waals surface area (Å²) in [6.45, 7) is 5.47. The van der Waals surface area contributed by atoms with E-state index >= 15 is 0 Å². The van der Waals surface area contributed by atoms with Crippen molar-refractivity contribution in [3.05, 3.63) is 77.0 Å². The maximum atomic E-state index is 14.1. The number of nitrogens with zero attached hydrogens (tertiary/aromatic N) is 3. The number of hydrogen-bond acceptors (Lipinski definition) is 4. The minimum Gasteiger partial charge on any atom is -0.477 e. The van der Waals surface area contributed by atoms with Gasteiger partial charge in [-0.2, -0.15) is 13.8 Å². The van der Waals surface area contributed by atoms with Gasteiger partial charge in [-0.1, -0.05) is 12.1 Å². The van der Waals surface area contributed by atoms with E-state index in [4.69, 9.17) is 0 Å². The topological polar surface area (TPSA) is 76.0 Å². The Bertz CT molecular complexity index is 1040. The van der Waals surface area contributed by atoms with Crippen LogP contribution in [-0.4, -0.2) is 26.0 Å². The summed E-state index contributed by atoms with van der Waals surface area (Å²) < 4.78 is 27.3. The Morgan fingerprint density at radius 3 is 2.33 bits per heavy atom. The van der Waals surface area contributed by atoms with E-state index in [1.807, 2.05) is 13.8 Å². The summed E-state index contributed by atoms with van der Waals surface area (Å²) in [5.41, 5.74) is 1.43. The highest BCUT2D eigenvalue weighted by atomic mass is 19.1. The smallest absolute Gasteiger partial charge is 0.354 e. The average molecular weight is 369 g/mol. The zero-order valence-electron chi connectivity index (χ0n) is 15.0. The van der Waals surface area contributed by atoms with Crippen LogP contribution in [-0.2, 0) is 5.41 Å². The standard InChI is InChI=1S/C20H17F2N3O2/c1-11-7-9-15(24-17(11)12-8-10-16(21)25-18(12)22)20(2,3)14-6-4-5-13(23-14)19(26)27/h4-10H,1-3H3,(H,26,27). The number of hydrogen-bond donors (Lipinski definition) is 1. The summed E-state index contributed by atoms with van der Waals surface area (Å²) in [4.78, 5) is 23.2.